The fourth-order valence-corrected chi connectivity index (χ4v) is 1.90. The maximum absolute atomic E-state index is 13.1. The van der Waals surface area contributed by atoms with Crippen molar-refractivity contribution in [2.24, 2.45) is 0 Å². The van der Waals surface area contributed by atoms with Gasteiger partial charge in [0.05, 0.1) is 13.2 Å². The normalized spacial score (nSPS) is 11.1. The van der Waals surface area contributed by atoms with Crippen LogP contribution in [-0.4, -0.2) is 57.8 Å². The maximum atomic E-state index is 13.1. The molecule has 0 radical (unpaired) electrons. The summed E-state index contributed by atoms with van der Waals surface area (Å²) >= 11 is 0. The zero-order chi connectivity index (χ0) is 15.7. The number of carbonyl (C=O) groups excluding carboxylic acids is 1. The molecular weight excluding hydrogens is 280 g/mol. The van der Waals surface area contributed by atoms with Crippen LogP contribution in [0.2, 0.25) is 0 Å². The molecule has 0 N–H and O–H groups in total. The van der Waals surface area contributed by atoms with Crippen molar-refractivity contribution in [1.82, 2.24) is 4.90 Å². The van der Waals surface area contributed by atoms with Crippen LogP contribution in [0.15, 0.2) is 18.2 Å². The number of halogens is 2. The molecule has 4 nitrogen and oxygen atoms in total. The van der Waals surface area contributed by atoms with Crippen LogP contribution in [0.3, 0.4) is 0 Å². The summed E-state index contributed by atoms with van der Waals surface area (Å²) in [7, 11) is 3.21. The maximum Gasteiger partial charge on any atom is 0.164 e. The SMILES string of the molecule is COCCN(CCOC)CCC(=O)c1cc(F)cc(F)c1. The summed E-state index contributed by atoms with van der Waals surface area (Å²) < 4.78 is 36.2. The molecule has 1 rings (SSSR count). The number of methoxy groups -OCH3 is 2. The fourth-order valence-electron chi connectivity index (χ4n) is 1.90. The van der Waals surface area contributed by atoms with E-state index in [1.165, 1.54) is 0 Å². The molecule has 0 atom stereocenters. The summed E-state index contributed by atoms with van der Waals surface area (Å²) in [6.45, 7) is 2.93. The van der Waals surface area contributed by atoms with Crippen molar-refractivity contribution in [1.29, 1.82) is 0 Å². The molecule has 6 heteroatoms. The lowest BCUT2D eigenvalue weighted by Crippen LogP contribution is -2.32. The zero-order valence-electron chi connectivity index (χ0n) is 12.4. The van der Waals surface area contributed by atoms with Gasteiger partial charge >= 0.3 is 0 Å². The van der Waals surface area contributed by atoms with Gasteiger partial charge in [0.2, 0.25) is 0 Å². The van der Waals surface area contributed by atoms with Crippen LogP contribution < -0.4 is 0 Å². The van der Waals surface area contributed by atoms with E-state index in [2.05, 4.69) is 0 Å². The van der Waals surface area contributed by atoms with E-state index in [0.717, 1.165) is 18.2 Å². The molecule has 0 heterocycles. The van der Waals surface area contributed by atoms with Crippen LogP contribution in [0.5, 0.6) is 0 Å². The van der Waals surface area contributed by atoms with E-state index in [0.29, 0.717) is 32.8 Å². The van der Waals surface area contributed by atoms with Gasteiger partial charge in [-0.2, -0.15) is 0 Å². The van der Waals surface area contributed by atoms with E-state index >= 15 is 0 Å². The Kier molecular flexibility index (Phi) is 8.04. The average molecular weight is 301 g/mol. The Labute approximate surface area is 123 Å². The van der Waals surface area contributed by atoms with Gasteiger partial charge in [-0.15, -0.1) is 0 Å². The van der Waals surface area contributed by atoms with Crippen LogP contribution in [-0.2, 0) is 9.47 Å². The molecule has 0 bridgehead atoms. The minimum absolute atomic E-state index is 0.0610. The number of benzene rings is 1. The third-order valence-corrected chi connectivity index (χ3v) is 3.06. The van der Waals surface area contributed by atoms with Gasteiger partial charge in [-0.25, -0.2) is 8.78 Å². The zero-order valence-corrected chi connectivity index (χ0v) is 12.4. The minimum Gasteiger partial charge on any atom is -0.383 e. The highest BCUT2D eigenvalue weighted by atomic mass is 19.1. The van der Waals surface area contributed by atoms with Crippen molar-refractivity contribution in [2.45, 2.75) is 6.42 Å². The van der Waals surface area contributed by atoms with Crippen LogP contribution in [0.4, 0.5) is 8.78 Å². The van der Waals surface area contributed by atoms with E-state index < -0.39 is 11.6 Å². The van der Waals surface area contributed by atoms with Crippen molar-refractivity contribution in [3.8, 4) is 0 Å². The lowest BCUT2D eigenvalue weighted by Gasteiger charge is -2.21. The van der Waals surface area contributed by atoms with Gasteiger partial charge in [-0.1, -0.05) is 0 Å². The Morgan fingerprint density at radius 2 is 1.52 bits per heavy atom. The molecule has 1 aromatic rings. The number of ketones is 1. The molecule has 0 amide bonds. The van der Waals surface area contributed by atoms with Crippen molar-refractivity contribution in [3.05, 3.63) is 35.4 Å². The molecule has 0 aromatic heterocycles. The Balaban J connectivity index is 2.54. The third-order valence-electron chi connectivity index (χ3n) is 3.06. The van der Waals surface area contributed by atoms with Crippen molar-refractivity contribution >= 4 is 5.78 Å². The number of carbonyl (C=O) groups is 1. The first kappa shape index (κ1) is 17.7. The molecule has 0 aliphatic rings. The van der Waals surface area contributed by atoms with Crippen molar-refractivity contribution in [2.75, 3.05) is 47.1 Å². The summed E-state index contributed by atoms with van der Waals surface area (Å²) in [5.74, 6) is -1.77. The second-order valence-electron chi connectivity index (χ2n) is 4.66. The van der Waals surface area contributed by atoms with Crippen LogP contribution >= 0.6 is 0 Å². The van der Waals surface area contributed by atoms with Crippen LogP contribution in [0.1, 0.15) is 16.8 Å². The Morgan fingerprint density at radius 1 is 1.00 bits per heavy atom. The second-order valence-corrected chi connectivity index (χ2v) is 4.66. The quantitative estimate of drug-likeness (QED) is 0.621. The standard InChI is InChI=1S/C15H21F2NO3/c1-20-7-5-18(6-8-21-2)4-3-15(19)12-9-13(16)11-14(17)10-12/h9-11H,3-8H2,1-2H3. The molecule has 1 aromatic carbocycles. The first-order valence-corrected chi connectivity index (χ1v) is 6.76. The van der Waals surface area contributed by atoms with Gasteiger partial charge in [0, 0.05) is 51.9 Å². The van der Waals surface area contributed by atoms with Gasteiger partial charge in [-0.3, -0.25) is 9.69 Å². The molecule has 0 fully saturated rings. The molecule has 0 saturated carbocycles. The van der Waals surface area contributed by atoms with Crippen LogP contribution in [0.25, 0.3) is 0 Å². The smallest absolute Gasteiger partial charge is 0.164 e. The summed E-state index contributed by atoms with van der Waals surface area (Å²) in [4.78, 5) is 14.0. The largest absolute Gasteiger partial charge is 0.383 e. The Bertz CT molecular complexity index is 426. The molecule has 0 aliphatic heterocycles. The second kappa shape index (κ2) is 9.55. The third kappa shape index (κ3) is 6.75. The van der Waals surface area contributed by atoms with E-state index in [-0.39, 0.29) is 17.8 Å². The van der Waals surface area contributed by atoms with Gasteiger partial charge < -0.3 is 9.47 Å². The Morgan fingerprint density at radius 3 is 2.00 bits per heavy atom. The van der Waals surface area contributed by atoms with E-state index in [1.54, 1.807) is 14.2 Å². The van der Waals surface area contributed by atoms with E-state index in [4.69, 9.17) is 9.47 Å². The number of hydrogen-bond donors (Lipinski definition) is 0. The highest BCUT2D eigenvalue weighted by Gasteiger charge is 2.12. The predicted octanol–water partition coefficient (Wildman–Crippen LogP) is 2.13. The van der Waals surface area contributed by atoms with Crippen molar-refractivity contribution in [3.63, 3.8) is 0 Å². The van der Waals surface area contributed by atoms with Crippen molar-refractivity contribution < 1.29 is 23.0 Å². The highest BCUT2D eigenvalue weighted by Crippen LogP contribution is 2.10. The number of ether oxygens (including phenoxy) is 2. The van der Waals surface area contributed by atoms with Gasteiger partial charge in [-0.05, 0) is 12.1 Å². The molecule has 0 saturated heterocycles. The number of hydrogen-bond acceptors (Lipinski definition) is 4. The van der Waals surface area contributed by atoms with E-state index in [1.807, 2.05) is 4.90 Å². The summed E-state index contributed by atoms with van der Waals surface area (Å²) in [5.41, 5.74) is 0.0610. The first-order valence-electron chi connectivity index (χ1n) is 6.76. The predicted molar refractivity (Wildman–Crippen MR) is 75.5 cm³/mol. The first-order chi connectivity index (χ1) is 10.1. The lowest BCUT2D eigenvalue weighted by molar-refractivity contribution is 0.0910. The number of nitrogens with zero attached hydrogens (tertiary/aromatic N) is 1. The molecular formula is C15H21F2NO3. The van der Waals surface area contributed by atoms with Crippen LogP contribution in [0, 0.1) is 11.6 Å². The highest BCUT2D eigenvalue weighted by molar-refractivity contribution is 5.96. The molecule has 21 heavy (non-hydrogen) atoms. The molecule has 0 unspecified atom stereocenters. The Hall–Kier alpha value is -1.37. The monoisotopic (exact) mass is 301 g/mol. The van der Waals surface area contributed by atoms with E-state index in [9.17, 15) is 13.6 Å². The van der Waals surface area contributed by atoms with Gasteiger partial charge in [0.1, 0.15) is 11.6 Å². The summed E-state index contributed by atoms with van der Waals surface area (Å²) in [6, 6.07) is 2.86. The topological polar surface area (TPSA) is 38.8 Å². The molecule has 0 aliphatic carbocycles. The number of Topliss-reactive ketones (excluding diaryl/α,β-unsaturated/α-hetero) is 1. The minimum atomic E-state index is -0.742. The van der Waals surface area contributed by atoms with Gasteiger partial charge in [0.25, 0.3) is 0 Å². The average Bonchev–Trinajstić information content (AvgIpc) is 2.45. The van der Waals surface area contributed by atoms with Gasteiger partial charge in [0.15, 0.2) is 5.78 Å². The fraction of sp³-hybridized carbons (Fsp3) is 0.533. The summed E-state index contributed by atoms with van der Waals surface area (Å²) in [5, 5.41) is 0. The molecule has 0 spiro atoms. The lowest BCUT2D eigenvalue weighted by atomic mass is 10.1. The molecule has 118 valence electrons. The number of rotatable bonds is 10. The summed E-state index contributed by atoms with van der Waals surface area (Å²) in [6.07, 6.45) is 0.191.